The number of aromatic amines is 1. The Morgan fingerprint density at radius 3 is 2.02 bits per heavy atom. The molecule has 0 bridgehead atoms. The Morgan fingerprint density at radius 1 is 0.721 bits per heavy atom. The van der Waals surface area contributed by atoms with Crippen molar-refractivity contribution in [1.29, 1.82) is 0 Å². The van der Waals surface area contributed by atoms with Gasteiger partial charge in [0.25, 0.3) is 0 Å². The van der Waals surface area contributed by atoms with Gasteiger partial charge >= 0.3 is 5.69 Å². The van der Waals surface area contributed by atoms with E-state index in [9.17, 15) is 13.6 Å². The average molecular weight is 863 g/mol. The van der Waals surface area contributed by atoms with Gasteiger partial charge in [-0.05, 0) is 127 Å². The van der Waals surface area contributed by atoms with E-state index in [-0.39, 0.29) is 35.9 Å². The van der Waals surface area contributed by atoms with Gasteiger partial charge in [-0.2, -0.15) is 0 Å². The van der Waals surface area contributed by atoms with E-state index in [1.54, 1.807) is 0 Å². The van der Waals surface area contributed by atoms with Crippen molar-refractivity contribution in [3.05, 3.63) is 171 Å². The minimum Gasteiger partial charge on any atom is -0.395 e. The van der Waals surface area contributed by atoms with Crippen molar-refractivity contribution < 1.29 is 13.9 Å². The van der Waals surface area contributed by atoms with Crippen LogP contribution in [0.15, 0.2) is 136 Å². The first kappa shape index (κ1) is 43.1. The number of benzene rings is 5. The maximum Gasteiger partial charge on any atom is 0.326 e. The Balaban J connectivity index is 0.000000173. The average Bonchev–Trinajstić information content (AvgIpc) is 3.62. The van der Waals surface area contributed by atoms with E-state index in [1.807, 2.05) is 70.9 Å². The van der Waals surface area contributed by atoms with Crippen LogP contribution >= 0.6 is 23.4 Å². The highest BCUT2D eigenvalue weighted by atomic mass is 35.5. The van der Waals surface area contributed by atoms with Crippen LogP contribution in [0.5, 0.6) is 0 Å². The van der Waals surface area contributed by atoms with Gasteiger partial charge in [-0.3, -0.25) is 9.47 Å². The Hall–Kier alpha value is -4.55. The molecule has 0 aliphatic carbocycles. The number of piperazine rings is 1. The number of rotatable bonds is 12. The van der Waals surface area contributed by atoms with Gasteiger partial charge in [-0.1, -0.05) is 84.0 Å². The zero-order valence-electron chi connectivity index (χ0n) is 34.5. The van der Waals surface area contributed by atoms with E-state index in [0.29, 0.717) is 0 Å². The molecule has 0 amide bonds. The van der Waals surface area contributed by atoms with E-state index in [1.165, 1.54) is 50.8 Å². The maximum absolute atomic E-state index is 13.5. The number of aliphatic hydroxyl groups excluding tert-OH is 1. The van der Waals surface area contributed by atoms with Crippen LogP contribution in [0.25, 0.3) is 16.6 Å². The number of likely N-dealkylation sites (tertiary alicyclic amines) is 1. The molecule has 6 aromatic rings. The molecule has 2 saturated heterocycles. The molecule has 11 heteroatoms. The topological polar surface area (TPSA) is 67.7 Å². The van der Waals surface area contributed by atoms with Crippen LogP contribution in [-0.4, -0.2) is 94.9 Å². The van der Waals surface area contributed by atoms with Gasteiger partial charge in [0.1, 0.15) is 11.6 Å². The highest BCUT2D eigenvalue weighted by Gasteiger charge is 2.25. The molecule has 0 radical (unpaired) electrons. The van der Waals surface area contributed by atoms with Gasteiger partial charge in [0.05, 0.1) is 17.6 Å². The number of β-amino-alcohol motifs (C(OH)–C–C–N with tert-alkyl or cyclic N) is 1. The third kappa shape index (κ3) is 10.7. The van der Waals surface area contributed by atoms with E-state index in [4.69, 9.17) is 16.7 Å². The summed E-state index contributed by atoms with van der Waals surface area (Å²) in [7, 11) is 0. The summed E-state index contributed by atoms with van der Waals surface area (Å²) in [6.45, 7) is 9.26. The molecular weight excluding hydrogens is 808 g/mol. The Kier molecular flexibility index (Phi) is 14.5. The highest BCUT2D eigenvalue weighted by molar-refractivity contribution is 7.99. The number of hydrogen-bond donors (Lipinski definition) is 2. The lowest BCUT2D eigenvalue weighted by Gasteiger charge is -2.34. The third-order valence-electron chi connectivity index (χ3n) is 12.4. The summed E-state index contributed by atoms with van der Waals surface area (Å²) in [4.78, 5) is 25.4. The molecule has 1 aromatic heterocycles. The lowest BCUT2D eigenvalue weighted by atomic mass is 9.87. The number of nitrogens with zero attached hydrogens (tertiary/aromatic N) is 4. The molecule has 3 aliphatic rings. The molecule has 7 nitrogen and oxygen atoms in total. The summed E-state index contributed by atoms with van der Waals surface area (Å²) in [5, 5.41) is 9.87. The summed E-state index contributed by atoms with van der Waals surface area (Å²) >= 11 is 8.12. The second kappa shape index (κ2) is 20.5. The van der Waals surface area contributed by atoms with Crippen molar-refractivity contribution in [3.8, 4) is 0 Å². The van der Waals surface area contributed by atoms with E-state index in [2.05, 4.69) is 62.2 Å². The normalized spacial score (nSPS) is 17.0. The fourth-order valence-electron chi connectivity index (χ4n) is 9.11. The SMILES string of the molecule is O=c1[nH]c2ccccc2n1C1CCN(CCCC(c2ccc(F)cc2)c2ccc(F)cc2)CC1.OCCN1CCN(CC/C=C2/c3ccccc3Sc3ccc(Cl)cc32)CC1. The second-order valence-corrected chi connectivity index (χ2v) is 17.8. The fourth-order valence-corrected chi connectivity index (χ4v) is 10.4. The molecule has 318 valence electrons. The number of para-hydroxylation sites is 2. The Labute approximate surface area is 366 Å². The van der Waals surface area contributed by atoms with Gasteiger partial charge in [0.15, 0.2) is 0 Å². The lowest BCUT2D eigenvalue weighted by molar-refractivity contribution is 0.114. The van der Waals surface area contributed by atoms with Crippen molar-refractivity contribution in [2.45, 2.75) is 53.9 Å². The van der Waals surface area contributed by atoms with Gasteiger partial charge in [0, 0.05) is 79.1 Å². The number of nitrogens with one attached hydrogen (secondary N) is 1. The first-order chi connectivity index (χ1) is 29.8. The zero-order valence-corrected chi connectivity index (χ0v) is 36.1. The van der Waals surface area contributed by atoms with Gasteiger partial charge in [0.2, 0.25) is 0 Å². The van der Waals surface area contributed by atoms with Crippen molar-refractivity contribution >= 4 is 40.0 Å². The Morgan fingerprint density at radius 2 is 1.33 bits per heavy atom. The number of imidazole rings is 1. The second-order valence-electron chi connectivity index (χ2n) is 16.2. The first-order valence-corrected chi connectivity index (χ1v) is 22.8. The summed E-state index contributed by atoms with van der Waals surface area (Å²) in [5.41, 5.74) is 7.80. The number of aliphatic hydroxyl groups is 1. The molecule has 3 aliphatic heterocycles. The summed E-state index contributed by atoms with van der Waals surface area (Å²) in [6, 6.07) is 36.2. The monoisotopic (exact) mass is 861 g/mol. The molecule has 0 unspecified atom stereocenters. The fraction of sp³-hybridized carbons (Fsp3) is 0.340. The van der Waals surface area contributed by atoms with E-state index < -0.39 is 0 Å². The van der Waals surface area contributed by atoms with E-state index in [0.717, 1.165) is 118 Å². The summed E-state index contributed by atoms with van der Waals surface area (Å²) in [6.07, 6.45) is 7.19. The third-order valence-corrected chi connectivity index (χ3v) is 13.7. The van der Waals surface area contributed by atoms with Gasteiger partial charge in [-0.15, -0.1) is 0 Å². The first-order valence-electron chi connectivity index (χ1n) is 21.6. The molecule has 0 spiro atoms. The largest absolute Gasteiger partial charge is 0.395 e. The minimum absolute atomic E-state index is 0.0268. The van der Waals surface area contributed by atoms with Crippen LogP contribution in [0.2, 0.25) is 5.02 Å². The lowest BCUT2D eigenvalue weighted by Crippen LogP contribution is -2.47. The smallest absolute Gasteiger partial charge is 0.326 e. The molecule has 4 heterocycles. The quantitative estimate of drug-likeness (QED) is 0.128. The van der Waals surface area contributed by atoms with Gasteiger partial charge in [-0.25, -0.2) is 13.6 Å². The molecule has 0 atom stereocenters. The van der Waals surface area contributed by atoms with Crippen LogP contribution < -0.4 is 5.69 Å². The highest BCUT2D eigenvalue weighted by Crippen LogP contribution is 2.46. The molecule has 9 rings (SSSR count). The summed E-state index contributed by atoms with van der Waals surface area (Å²) in [5.74, 6) is -0.402. The predicted molar refractivity (Wildman–Crippen MR) is 245 cm³/mol. The number of halogens is 3. The molecule has 2 N–H and O–H groups in total. The van der Waals surface area contributed by atoms with Crippen LogP contribution in [0, 0.1) is 11.6 Å². The minimum atomic E-state index is -0.251. The number of aromatic nitrogens is 2. The molecule has 2 fully saturated rings. The van der Waals surface area contributed by atoms with Gasteiger partial charge < -0.3 is 19.9 Å². The standard InChI is InChI=1S/C28H29F2N3O.C22H25ClN2OS/c29-22-11-7-20(8-12-22)25(21-9-13-23(30)14-10-21)4-3-17-32-18-15-24(16-19-32)33-27-6-2-1-5-26(27)31-28(33)34;23-17-7-8-22-20(16-17)18(19-4-1-2-6-21(19)27-22)5-3-9-24-10-12-25(13-11-24)14-15-26/h1-2,5-14,24-25H,3-4,15-19H2,(H,31,34);1-2,4-8,16,26H,3,9-15H2/b;18-5-. The van der Waals surface area contributed by atoms with Crippen molar-refractivity contribution in [2.75, 3.05) is 65.5 Å². The molecular formula is C50H54ClF2N5O2S. The number of fused-ring (bicyclic) bond motifs is 3. The molecule has 5 aromatic carbocycles. The van der Waals surface area contributed by atoms with Crippen molar-refractivity contribution in [1.82, 2.24) is 24.3 Å². The number of hydrogen-bond acceptors (Lipinski definition) is 6. The molecule has 61 heavy (non-hydrogen) atoms. The maximum atomic E-state index is 13.5. The predicted octanol–water partition coefficient (Wildman–Crippen LogP) is 10.1. The van der Waals surface area contributed by atoms with Crippen molar-refractivity contribution in [2.24, 2.45) is 0 Å². The number of H-pyrrole nitrogens is 1. The summed E-state index contributed by atoms with van der Waals surface area (Å²) < 4.78 is 28.9. The van der Waals surface area contributed by atoms with Crippen LogP contribution in [-0.2, 0) is 0 Å². The van der Waals surface area contributed by atoms with Crippen LogP contribution in [0.1, 0.15) is 66.3 Å². The van der Waals surface area contributed by atoms with Crippen LogP contribution in [0.4, 0.5) is 8.78 Å². The molecule has 0 saturated carbocycles. The zero-order chi connectivity index (χ0) is 42.1. The van der Waals surface area contributed by atoms with Crippen LogP contribution in [0.3, 0.4) is 0 Å². The number of piperidine rings is 1. The van der Waals surface area contributed by atoms with Crippen molar-refractivity contribution in [3.63, 3.8) is 0 Å². The van der Waals surface area contributed by atoms with E-state index >= 15 is 0 Å². The Bertz CT molecular complexity index is 2410.